The molecule has 84 heavy (non-hydrogen) atoms. The van der Waals surface area contributed by atoms with Crippen molar-refractivity contribution in [2.75, 3.05) is 77.4 Å². The van der Waals surface area contributed by atoms with Gasteiger partial charge in [-0.05, 0) is 89.4 Å². The normalized spacial score (nSPS) is 18.0. The fraction of sp³-hybridized carbons (Fsp3) is 0.600. The number of anilines is 1. The lowest BCUT2D eigenvalue weighted by Crippen LogP contribution is -2.59. The van der Waals surface area contributed by atoms with Crippen molar-refractivity contribution in [2.45, 2.75) is 121 Å². The average Bonchev–Trinajstić information content (AvgIpc) is 3.55. The van der Waals surface area contributed by atoms with E-state index in [1.165, 1.54) is 20.8 Å². The molecule has 1 saturated heterocycles. The smallest absolute Gasteiger partial charge is 0.325 e. The van der Waals surface area contributed by atoms with E-state index in [2.05, 4.69) is 46.9 Å². The Morgan fingerprint density at radius 1 is 0.690 bits per heavy atom. The van der Waals surface area contributed by atoms with Gasteiger partial charge >= 0.3 is 13.6 Å². The SMILES string of the molecule is C[C@H](NC(=O)CCCn1cc(CCCCNC(=S)Nc2ccc(O[C@H]3O[C@H](CCP(=O)(O)O)[C@@H](O)[C@H](O)[C@@H]3O)cc2)nn1)C(=O)N[C@@H](C)C(=O)N[C@@H](C)C(=O)NCCOCCOCCOCCOCCC(=O)Oc1c(F)c(F)c(F)c(F)c1F. The zero-order chi connectivity index (χ0) is 61.9. The summed E-state index contributed by atoms with van der Waals surface area (Å²) in [6, 6.07) is 3.42. The van der Waals surface area contributed by atoms with Crippen molar-refractivity contribution in [1.82, 2.24) is 41.6 Å². The second kappa shape index (κ2) is 36.0. The molecule has 8 atom stereocenters. The first-order chi connectivity index (χ1) is 39.8. The van der Waals surface area contributed by atoms with Crippen molar-refractivity contribution in [3.63, 3.8) is 0 Å². The molecule has 34 heteroatoms. The molecule has 0 radical (unpaired) electrons. The van der Waals surface area contributed by atoms with Gasteiger partial charge in [-0.1, -0.05) is 5.21 Å². The van der Waals surface area contributed by atoms with Crippen molar-refractivity contribution in [2.24, 2.45) is 0 Å². The van der Waals surface area contributed by atoms with Crippen LogP contribution in [0.25, 0.3) is 0 Å². The monoisotopic (exact) mass is 1240 g/mol. The minimum Gasteiger partial charge on any atom is -0.462 e. The zero-order valence-corrected chi connectivity index (χ0v) is 47.8. The van der Waals surface area contributed by atoms with E-state index in [0.29, 0.717) is 36.7 Å². The number of unbranched alkanes of at least 4 members (excludes halogenated alkanes) is 1. The topological polar surface area (TPSA) is 371 Å². The third kappa shape index (κ3) is 24.8. The number of hydrogen-bond donors (Lipinski definition) is 11. The van der Waals surface area contributed by atoms with E-state index in [1.54, 1.807) is 35.1 Å². The molecule has 4 amide bonds. The van der Waals surface area contributed by atoms with Crippen LogP contribution in [-0.4, -0.2) is 196 Å². The van der Waals surface area contributed by atoms with E-state index in [9.17, 15) is 75.6 Å². The lowest BCUT2D eigenvalue weighted by atomic mass is 9.97. The number of esters is 1. The van der Waals surface area contributed by atoms with Crippen LogP contribution in [0.4, 0.5) is 27.6 Å². The fourth-order valence-corrected chi connectivity index (χ4v) is 8.23. The number of aromatic nitrogens is 3. The molecule has 1 aromatic heterocycles. The molecular weight excluding hydrogens is 1170 g/mol. The van der Waals surface area contributed by atoms with Crippen molar-refractivity contribution in [3.8, 4) is 11.5 Å². The van der Waals surface area contributed by atoms with Gasteiger partial charge in [0.1, 0.15) is 42.2 Å². The molecule has 0 spiro atoms. The maximum Gasteiger partial charge on any atom is 0.325 e. The van der Waals surface area contributed by atoms with Gasteiger partial charge in [-0.15, -0.1) is 5.10 Å². The molecular formula is C50H71F5N9O18PS. The number of carbonyl (C=O) groups is 5. The van der Waals surface area contributed by atoms with Crippen LogP contribution in [0.2, 0.25) is 0 Å². The second-order valence-corrected chi connectivity index (χ2v) is 21.0. The summed E-state index contributed by atoms with van der Waals surface area (Å²) in [5.74, 6) is -16.3. The van der Waals surface area contributed by atoms with E-state index >= 15 is 0 Å². The Kier molecular flexibility index (Phi) is 30.2. The lowest BCUT2D eigenvalue weighted by Gasteiger charge is -2.40. The van der Waals surface area contributed by atoms with Crippen LogP contribution in [-0.2, 0) is 65.2 Å². The number of amides is 4. The molecule has 1 fully saturated rings. The van der Waals surface area contributed by atoms with Crippen molar-refractivity contribution < 1.29 is 109 Å². The summed E-state index contributed by atoms with van der Waals surface area (Å²) in [7, 11) is -4.40. The van der Waals surface area contributed by atoms with Crippen LogP contribution in [0, 0.1) is 29.1 Å². The average molecular weight is 1240 g/mol. The standard InChI is InChI=1S/C50H71F5N9O18PS/c1-28(46(70)56-16-19-77-21-23-79-25-24-78-22-20-76-18-13-36(66)82-45-40(54)38(52)37(51)39(53)41(45)55)59-48(72)30(3)60-47(71)29(2)58-35(65)8-6-17-64-27-32(62-63-64)7-4-5-15-57-50(84)61-31-9-11-33(12-10-31)80-49-44(69)43(68)42(67)34(81-49)14-26-83(73,74)75/h9-12,27-30,34,42-44,49,67-69H,4-8,13-26H2,1-3H3,(H,56,70)(H,58,65)(H,59,72)(H,60,71)(H2,57,61,84)(H2,73,74,75)/t28-,29-,30-,34+,42+,43-,44-,49-/m0/s1. The second-order valence-electron chi connectivity index (χ2n) is 18.9. The summed E-state index contributed by atoms with van der Waals surface area (Å²) in [6.45, 7) is 6.08. The molecule has 1 aliphatic rings. The summed E-state index contributed by atoms with van der Waals surface area (Å²) < 4.78 is 116. The maximum absolute atomic E-state index is 13.6. The number of aliphatic hydroxyl groups is 3. The van der Waals surface area contributed by atoms with Gasteiger partial charge in [0, 0.05) is 37.9 Å². The van der Waals surface area contributed by atoms with E-state index in [-0.39, 0.29) is 78.0 Å². The van der Waals surface area contributed by atoms with Gasteiger partial charge in [0.2, 0.25) is 64.8 Å². The van der Waals surface area contributed by atoms with E-state index in [1.807, 2.05) is 0 Å². The van der Waals surface area contributed by atoms with Crippen LogP contribution in [0.15, 0.2) is 30.5 Å². The number of aliphatic hydroxyl groups excluding tert-OH is 3. The third-order valence-corrected chi connectivity index (χ3v) is 13.1. The molecule has 11 N–H and O–H groups in total. The molecule has 27 nitrogen and oxygen atoms in total. The fourth-order valence-electron chi connectivity index (χ4n) is 7.41. The molecule has 4 rings (SSSR count). The van der Waals surface area contributed by atoms with E-state index < -0.39 is 133 Å². The van der Waals surface area contributed by atoms with Gasteiger partial charge in [0.25, 0.3) is 0 Å². The Hall–Kier alpha value is -6.10. The first-order valence-electron chi connectivity index (χ1n) is 26.5. The maximum atomic E-state index is 13.6. The van der Waals surface area contributed by atoms with E-state index in [4.69, 9.17) is 40.6 Å². The number of ether oxygens (including phenoxy) is 7. The molecule has 0 bridgehead atoms. The molecule has 0 unspecified atom stereocenters. The Morgan fingerprint density at radius 2 is 1.25 bits per heavy atom. The van der Waals surface area contributed by atoms with Crippen molar-refractivity contribution >= 4 is 60.2 Å². The van der Waals surface area contributed by atoms with Crippen molar-refractivity contribution in [1.29, 1.82) is 0 Å². The summed E-state index contributed by atoms with van der Waals surface area (Å²) in [6.07, 6.45) is -4.47. The van der Waals surface area contributed by atoms with E-state index in [0.717, 1.165) is 18.5 Å². The summed E-state index contributed by atoms with van der Waals surface area (Å²) in [5.41, 5.74) is 1.37. The number of nitrogens with zero attached hydrogens (tertiary/aromatic N) is 3. The van der Waals surface area contributed by atoms with Gasteiger partial charge < -0.3 is 90.2 Å². The highest BCUT2D eigenvalue weighted by molar-refractivity contribution is 7.80. The minimum atomic E-state index is -4.40. The highest BCUT2D eigenvalue weighted by Gasteiger charge is 2.45. The number of aryl methyl sites for hydroxylation is 2. The summed E-state index contributed by atoms with van der Waals surface area (Å²) in [5, 5.41) is 55.9. The molecule has 3 aromatic rings. The Labute approximate surface area is 484 Å². The number of benzene rings is 2. The van der Waals surface area contributed by atoms with Crippen LogP contribution < -0.4 is 41.4 Å². The van der Waals surface area contributed by atoms with Crippen LogP contribution in [0.1, 0.15) is 65.0 Å². The van der Waals surface area contributed by atoms with Gasteiger partial charge in [-0.2, -0.15) is 8.78 Å². The van der Waals surface area contributed by atoms with Gasteiger partial charge in [0.05, 0.1) is 77.2 Å². The Morgan fingerprint density at radius 3 is 1.86 bits per heavy atom. The number of carbonyl (C=O) groups excluding carboxylic acids is 5. The summed E-state index contributed by atoms with van der Waals surface area (Å²) >= 11 is 5.40. The predicted octanol–water partition coefficient (Wildman–Crippen LogP) is 0.510. The number of rotatable bonds is 37. The highest BCUT2D eigenvalue weighted by atomic mass is 32.1. The Bertz CT molecular complexity index is 2640. The molecule has 0 saturated carbocycles. The highest BCUT2D eigenvalue weighted by Crippen LogP contribution is 2.37. The van der Waals surface area contributed by atoms with Crippen LogP contribution in [0.3, 0.4) is 0 Å². The molecule has 470 valence electrons. The number of thiocarbonyl (C=S) groups is 1. The molecule has 2 aromatic carbocycles. The number of nitrogens with one attached hydrogen (secondary N) is 6. The van der Waals surface area contributed by atoms with Crippen LogP contribution in [0.5, 0.6) is 11.5 Å². The first-order valence-corrected chi connectivity index (χ1v) is 28.7. The number of hydrogen-bond acceptors (Lipinski definition) is 19. The third-order valence-electron chi connectivity index (χ3n) is 12.0. The Balaban J connectivity index is 0.955. The largest absolute Gasteiger partial charge is 0.462 e. The van der Waals surface area contributed by atoms with Gasteiger partial charge in [-0.25, -0.2) is 13.2 Å². The zero-order valence-electron chi connectivity index (χ0n) is 46.1. The molecule has 0 aliphatic carbocycles. The molecule has 2 heterocycles. The first kappa shape index (κ1) is 70.4. The van der Waals surface area contributed by atoms with Gasteiger partial charge in [-0.3, -0.25) is 33.2 Å². The predicted molar refractivity (Wildman–Crippen MR) is 287 cm³/mol. The number of halogens is 5. The summed E-state index contributed by atoms with van der Waals surface area (Å²) in [4.78, 5) is 80.8. The van der Waals surface area contributed by atoms with Crippen LogP contribution >= 0.6 is 19.8 Å². The minimum absolute atomic E-state index is 0.00439. The van der Waals surface area contributed by atoms with Crippen molar-refractivity contribution in [3.05, 3.63) is 65.2 Å². The quantitative estimate of drug-likeness (QED) is 0.00547. The molecule has 1 aliphatic heterocycles. The van der Waals surface area contributed by atoms with Gasteiger partial charge in [0.15, 0.2) is 5.11 Å². The lowest BCUT2D eigenvalue weighted by molar-refractivity contribution is -0.272.